The minimum atomic E-state index is -0.658. The molecular weight excluding hydrogens is 398 g/mol. The molecule has 3 amide bonds. The number of carbonyl (C=O) groups is 2. The van der Waals surface area contributed by atoms with Crippen LogP contribution in [0.1, 0.15) is 29.9 Å². The van der Waals surface area contributed by atoms with Crippen LogP contribution < -0.4 is 26.0 Å². The zero-order valence-electron chi connectivity index (χ0n) is 18.2. The number of nitrogens with one attached hydrogen (secondary N) is 4. The van der Waals surface area contributed by atoms with Crippen LogP contribution in [0.5, 0.6) is 5.75 Å². The number of benzene rings is 1. The van der Waals surface area contributed by atoms with E-state index in [1.54, 1.807) is 49.1 Å². The second-order valence-corrected chi connectivity index (χ2v) is 7.27. The molecule has 1 aromatic carbocycles. The smallest absolute Gasteiger partial charge is 0.326 e. The number of imide groups is 1. The lowest BCUT2D eigenvalue weighted by Crippen LogP contribution is -2.35. The van der Waals surface area contributed by atoms with Crippen molar-refractivity contribution < 1.29 is 14.3 Å². The van der Waals surface area contributed by atoms with Gasteiger partial charge in [-0.25, -0.2) is 9.78 Å². The fourth-order valence-corrected chi connectivity index (χ4v) is 3.07. The van der Waals surface area contributed by atoms with Crippen LogP contribution in [0, 0.1) is 6.92 Å². The fourth-order valence-electron chi connectivity index (χ4n) is 3.07. The summed E-state index contributed by atoms with van der Waals surface area (Å²) < 4.78 is 7.27. The molecule has 31 heavy (non-hydrogen) atoms. The van der Waals surface area contributed by atoms with Gasteiger partial charge in [0, 0.05) is 24.2 Å². The van der Waals surface area contributed by atoms with Crippen molar-refractivity contribution in [1.82, 2.24) is 25.4 Å². The molecule has 0 spiro atoms. The third kappa shape index (κ3) is 5.28. The van der Waals surface area contributed by atoms with Crippen molar-refractivity contribution in [3.8, 4) is 5.75 Å². The van der Waals surface area contributed by atoms with Crippen molar-refractivity contribution in [2.24, 2.45) is 7.05 Å². The number of aromatic nitrogens is 3. The zero-order chi connectivity index (χ0) is 22.5. The van der Waals surface area contributed by atoms with E-state index in [9.17, 15) is 9.59 Å². The topological polar surface area (TPSA) is 122 Å². The molecule has 3 rings (SSSR count). The van der Waals surface area contributed by atoms with Crippen LogP contribution in [0.4, 0.5) is 16.3 Å². The second kappa shape index (κ2) is 9.43. The van der Waals surface area contributed by atoms with Gasteiger partial charge in [0.05, 0.1) is 24.0 Å². The number of hydrogen-bond acceptors (Lipinski definition) is 7. The molecule has 0 aliphatic rings. The Kier molecular flexibility index (Phi) is 6.71. The van der Waals surface area contributed by atoms with Crippen molar-refractivity contribution in [3.05, 3.63) is 41.6 Å². The molecule has 0 aliphatic heterocycles. The van der Waals surface area contributed by atoms with Crippen LogP contribution in [0.15, 0.2) is 30.3 Å². The fraction of sp³-hybridized carbons (Fsp3) is 0.333. The molecule has 2 heterocycles. The first-order valence-corrected chi connectivity index (χ1v) is 9.90. The van der Waals surface area contributed by atoms with E-state index in [0.29, 0.717) is 29.6 Å². The average molecular weight is 425 g/mol. The number of anilines is 2. The molecule has 2 aromatic heterocycles. The zero-order valence-corrected chi connectivity index (χ0v) is 18.2. The largest absolute Gasteiger partial charge is 0.491 e. The number of pyridine rings is 1. The monoisotopic (exact) mass is 425 g/mol. The highest BCUT2D eigenvalue weighted by molar-refractivity contribution is 6.11. The highest BCUT2D eigenvalue weighted by Gasteiger charge is 2.19. The Hall–Kier alpha value is -3.66. The van der Waals surface area contributed by atoms with E-state index in [-0.39, 0.29) is 11.7 Å². The van der Waals surface area contributed by atoms with Crippen LogP contribution in [0.25, 0.3) is 11.0 Å². The molecule has 0 bridgehead atoms. The quantitative estimate of drug-likeness (QED) is 0.429. The van der Waals surface area contributed by atoms with Crippen molar-refractivity contribution in [1.29, 1.82) is 0 Å². The van der Waals surface area contributed by atoms with E-state index in [2.05, 4.69) is 31.3 Å². The number of fused-ring (bicyclic) bond motifs is 1. The molecule has 0 fully saturated rings. The lowest BCUT2D eigenvalue weighted by molar-refractivity contribution is 0.0967. The van der Waals surface area contributed by atoms with Crippen LogP contribution in [-0.4, -0.2) is 46.5 Å². The average Bonchev–Trinajstić information content (AvgIpc) is 2.98. The summed E-state index contributed by atoms with van der Waals surface area (Å²) in [6.45, 7) is 6.07. The van der Waals surface area contributed by atoms with Gasteiger partial charge in [0.2, 0.25) is 0 Å². The number of nitrogens with zero attached hydrogens (tertiary/aromatic N) is 3. The van der Waals surface area contributed by atoms with Gasteiger partial charge in [0.1, 0.15) is 11.6 Å². The Balaban J connectivity index is 1.80. The molecule has 0 radical (unpaired) electrons. The van der Waals surface area contributed by atoms with E-state index in [0.717, 1.165) is 11.1 Å². The van der Waals surface area contributed by atoms with Gasteiger partial charge in [-0.1, -0.05) is 6.07 Å². The number of rotatable bonds is 7. The summed E-state index contributed by atoms with van der Waals surface area (Å²) >= 11 is 0. The minimum Gasteiger partial charge on any atom is -0.491 e. The standard InChI is InChI=1S/C21H27N7O3/c1-12(2)31-15-8-6-7-14(9-15)24-21(30)26-20(29)17-10-16-13(3)27-28(5)19(16)25-18(17)23-11-22-4/h6-10,12,22H,11H2,1-5H3,(H,23,25)(H2,24,26,29,30). The summed E-state index contributed by atoms with van der Waals surface area (Å²) in [5.41, 5.74) is 2.13. The molecule has 0 saturated carbocycles. The maximum atomic E-state index is 12.9. The van der Waals surface area contributed by atoms with E-state index >= 15 is 0 Å². The molecular formula is C21H27N7O3. The maximum Gasteiger partial charge on any atom is 0.326 e. The summed E-state index contributed by atoms with van der Waals surface area (Å²) in [5, 5.41) is 16.1. The number of urea groups is 1. The normalized spacial score (nSPS) is 10.9. The van der Waals surface area contributed by atoms with E-state index < -0.39 is 11.9 Å². The second-order valence-electron chi connectivity index (χ2n) is 7.27. The van der Waals surface area contributed by atoms with E-state index in [4.69, 9.17) is 4.74 Å². The first-order valence-electron chi connectivity index (χ1n) is 9.90. The van der Waals surface area contributed by atoms with Crippen molar-refractivity contribution >= 4 is 34.5 Å². The van der Waals surface area contributed by atoms with Crippen molar-refractivity contribution in [3.63, 3.8) is 0 Å². The summed E-state index contributed by atoms with van der Waals surface area (Å²) in [6, 6.07) is 7.99. The van der Waals surface area contributed by atoms with Gasteiger partial charge in [0.15, 0.2) is 5.65 Å². The molecule has 0 saturated heterocycles. The van der Waals surface area contributed by atoms with Crippen LogP contribution in [0.3, 0.4) is 0 Å². The van der Waals surface area contributed by atoms with Gasteiger partial charge in [0.25, 0.3) is 5.91 Å². The van der Waals surface area contributed by atoms with Gasteiger partial charge in [-0.3, -0.25) is 14.8 Å². The molecule has 0 aliphatic carbocycles. The molecule has 0 unspecified atom stereocenters. The third-order valence-electron chi connectivity index (χ3n) is 4.37. The van der Waals surface area contributed by atoms with Gasteiger partial charge in [-0.05, 0) is 46.0 Å². The molecule has 10 nitrogen and oxygen atoms in total. The highest BCUT2D eigenvalue weighted by Crippen LogP contribution is 2.23. The van der Waals surface area contributed by atoms with Crippen LogP contribution in [0.2, 0.25) is 0 Å². The highest BCUT2D eigenvalue weighted by atomic mass is 16.5. The minimum absolute atomic E-state index is 0.00698. The lowest BCUT2D eigenvalue weighted by Gasteiger charge is -2.13. The number of amides is 3. The summed E-state index contributed by atoms with van der Waals surface area (Å²) in [7, 11) is 3.55. The summed E-state index contributed by atoms with van der Waals surface area (Å²) in [5.74, 6) is 0.394. The lowest BCUT2D eigenvalue weighted by atomic mass is 10.1. The number of hydrogen-bond donors (Lipinski definition) is 4. The van der Waals surface area contributed by atoms with Gasteiger partial charge >= 0.3 is 6.03 Å². The Morgan fingerprint density at radius 1 is 1.23 bits per heavy atom. The molecule has 3 aromatic rings. The van der Waals surface area contributed by atoms with Gasteiger partial charge in [-0.2, -0.15) is 5.10 Å². The van der Waals surface area contributed by atoms with Crippen LogP contribution >= 0.6 is 0 Å². The number of ether oxygens (including phenoxy) is 1. The SMILES string of the molecule is CNCNc1nc2c(cc1C(=O)NC(=O)Nc1cccc(OC(C)C)c1)c(C)nn2C. The van der Waals surface area contributed by atoms with Crippen molar-refractivity contribution in [2.45, 2.75) is 26.9 Å². The van der Waals surface area contributed by atoms with E-state index in [1.165, 1.54) is 0 Å². The first-order chi connectivity index (χ1) is 14.8. The Labute approximate surface area is 180 Å². The first kappa shape index (κ1) is 22.0. The van der Waals surface area contributed by atoms with Gasteiger partial charge < -0.3 is 20.7 Å². The molecule has 4 N–H and O–H groups in total. The van der Waals surface area contributed by atoms with Crippen LogP contribution in [-0.2, 0) is 7.05 Å². The third-order valence-corrected chi connectivity index (χ3v) is 4.37. The van der Waals surface area contributed by atoms with Crippen molar-refractivity contribution in [2.75, 3.05) is 24.3 Å². The summed E-state index contributed by atoms with van der Waals surface area (Å²) in [4.78, 5) is 29.8. The van der Waals surface area contributed by atoms with Gasteiger partial charge in [-0.15, -0.1) is 0 Å². The maximum absolute atomic E-state index is 12.9. The summed E-state index contributed by atoms with van der Waals surface area (Å²) in [6.07, 6.45) is 0.00698. The van der Waals surface area contributed by atoms with E-state index in [1.807, 2.05) is 20.8 Å². The predicted molar refractivity (Wildman–Crippen MR) is 119 cm³/mol. The Morgan fingerprint density at radius 2 is 2.00 bits per heavy atom. The number of carbonyl (C=O) groups excluding carboxylic acids is 2. The molecule has 0 atom stereocenters. The Morgan fingerprint density at radius 3 is 2.71 bits per heavy atom. The predicted octanol–water partition coefficient (Wildman–Crippen LogP) is 2.61. The number of aryl methyl sites for hydroxylation is 2. The molecule has 164 valence electrons. The Bertz CT molecular complexity index is 1110. The molecule has 10 heteroatoms.